The van der Waals surface area contributed by atoms with Crippen LogP contribution in [0.1, 0.15) is 16.8 Å². The van der Waals surface area contributed by atoms with E-state index >= 15 is 0 Å². The Kier molecular flexibility index (Phi) is 6.26. The van der Waals surface area contributed by atoms with Crippen LogP contribution in [0.4, 0.5) is 11.4 Å². The summed E-state index contributed by atoms with van der Waals surface area (Å²) in [4.78, 5) is 49.4. The van der Waals surface area contributed by atoms with Crippen LogP contribution in [0, 0.1) is 10.1 Å². The van der Waals surface area contributed by atoms with Gasteiger partial charge >= 0.3 is 0 Å². The number of hydrogen-bond donors (Lipinski definition) is 2. The summed E-state index contributed by atoms with van der Waals surface area (Å²) in [6.07, 6.45) is -0.281. The molecule has 1 aliphatic rings. The van der Waals surface area contributed by atoms with Gasteiger partial charge in [-0.3, -0.25) is 24.5 Å². The van der Waals surface area contributed by atoms with Gasteiger partial charge in [0.15, 0.2) is 0 Å². The number of nitro benzene ring substituents is 1. The predicted molar refractivity (Wildman–Crippen MR) is 107 cm³/mol. The van der Waals surface area contributed by atoms with Crippen molar-refractivity contribution in [2.45, 2.75) is 12.5 Å². The standard InChI is InChI=1S/C20H20N4O6/c1-30-16-7-5-13(6-8-16)20(27)23-10-9-21-19(26)17(23)12-18(25)22-14-3-2-4-15(11-14)24(28)29/h2-8,11,17H,9-10,12H2,1H3,(H,21,26)(H,22,25). The molecule has 3 rings (SSSR count). The monoisotopic (exact) mass is 412 g/mol. The lowest BCUT2D eigenvalue weighted by Crippen LogP contribution is -2.58. The number of anilines is 1. The zero-order valence-electron chi connectivity index (χ0n) is 16.2. The van der Waals surface area contributed by atoms with E-state index < -0.39 is 22.8 Å². The molecule has 2 aromatic rings. The van der Waals surface area contributed by atoms with Crippen LogP contribution in [-0.2, 0) is 9.59 Å². The Morgan fingerprint density at radius 3 is 2.67 bits per heavy atom. The molecule has 156 valence electrons. The van der Waals surface area contributed by atoms with E-state index in [0.717, 1.165) is 0 Å². The number of nitrogens with one attached hydrogen (secondary N) is 2. The number of benzene rings is 2. The Balaban J connectivity index is 1.73. The highest BCUT2D eigenvalue weighted by molar-refractivity contribution is 6.01. The molecule has 10 heteroatoms. The van der Waals surface area contributed by atoms with Crippen molar-refractivity contribution < 1.29 is 24.0 Å². The maximum absolute atomic E-state index is 12.9. The van der Waals surface area contributed by atoms with Gasteiger partial charge in [-0.25, -0.2) is 0 Å². The number of amides is 3. The Labute approximate surface area is 172 Å². The first kappa shape index (κ1) is 20.8. The van der Waals surface area contributed by atoms with Crippen molar-refractivity contribution in [1.29, 1.82) is 0 Å². The summed E-state index contributed by atoms with van der Waals surface area (Å²) < 4.78 is 5.08. The lowest BCUT2D eigenvalue weighted by atomic mass is 10.1. The first-order valence-electron chi connectivity index (χ1n) is 9.16. The Morgan fingerprint density at radius 2 is 2.00 bits per heavy atom. The van der Waals surface area contributed by atoms with E-state index in [0.29, 0.717) is 11.3 Å². The van der Waals surface area contributed by atoms with Gasteiger partial charge < -0.3 is 20.3 Å². The summed E-state index contributed by atoms with van der Waals surface area (Å²) in [5.74, 6) is -0.751. The number of non-ortho nitro benzene ring substituents is 1. The molecule has 1 heterocycles. The number of nitro groups is 1. The van der Waals surface area contributed by atoms with Crippen molar-refractivity contribution in [3.8, 4) is 5.75 Å². The minimum absolute atomic E-state index is 0.167. The van der Waals surface area contributed by atoms with Crippen LogP contribution in [0.5, 0.6) is 5.75 Å². The average Bonchev–Trinajstić information content (AvgIpc) is 2.75. The molecule has 1 fully saturated rings. The predicted octanol–water partition coefficient (Wildman–Crippen LogP) is 1.57. The summed E-state index contributed by atoms with van der Waals surface area (Å²) in [5, 5.41) is 16.1. The van der Waals surface area contributed by atoms with Gasteiger partial charge in [0.1, 0.15) is 11.8 Å². The van der Waals surface area contributed by atoms with E-state index in [1.165, 1.54) is 36.3 Å². The van der Waals surface area contributed by atoms with E-state index in [1.54, 1.807) is 24.3 Å². The fourth-order valence-corrected chi connectivity index (χ4v) is 3.14. The smallest absolute Gasteiger partial charge is 0.271 e. The van der Waals surface area contributed by atoms with E-state index in [-0.39, 0.29) is 36.8 Å². The maximum Gasteiger partial charge on any atom is 0.271 e. The minimum Gasteiger partial charge on any atom is -0.497 e. The Bertz CT molecular complexity index is 976. The summed E-state index contributed by atoms with van der Waals surface area (Å²) in [6.45, 7) is 0.537. The highest BCUT2D eigenvalue weighted by atomic mass is 16.6. The van der Waals surface area contributed by atoms with Gasteiger partial charge in [-0.15, -0.1) is 0 Å². The molecular weight excluding hydrogens is 392 g/mol. The molecule has 10 nitrogen and oxygen atoms in total. The van der Waals surface area contributed by atoms with Gasteiger partial charge in [0.05, 0.1) is 18.5 Å². The van der Waals surface area contributed by atoms with Crippen molar-refractivity contribution in [3.63, 3.8) is 0 Å². The molecule has 3 amide bonds. The average molecular weight is 412 g/mol. The molecule has 30 heavy (non-hydrogen) atoms. The topological polar surface area (TPSA) is 131 Å². The van der Waals surface area contributed by atoms with Crippen LogP contribution in [0.2, 0.25) is 0 Å². The van der Waals surface area contributed by atoms with E-state index in [4.69, 9.17) is 4.74 Å². The van der Waals surface area contributed by atoms with Gasteiger partial charge in [0.2, 0.25) is 11.8 Å². The molecule has 0 aliphatic carbocycles. The number of ether oxygens (including phenoxy) is 1. The molecule has 2 aromatic carbocycles. The SMILES string of the molecule is COc1ccc(C(=O)N2CCNC(=O)C2CC(=O)Nc2cccc([N+](=O)[O-])c2)cc1. The summed E-state index contributed by atoms with van der Waals surface area (Å²) in [5.41, 5.74) is 0.438. The second-order valence-corrected chi connectivity index (χ2v) is 6.59. The molecule has 0 saturated carbocycles. The largest absolute Gasteiger partial charge is 0.497 e. The van der Waals surface area contributed by atoms with Gasteiger partial charge in [0.25, 0.3) is 11.6 Å². The second-order valence-electron chi connectivity index (χ2n) is 6.59. The third-order valence-electron chi connectivity index (χ3n) is 4.65. The van der Waals surface area contributed by atoms with Crippen LogP contribution >= 0.6 is 0 Å². The van der Waals surface area contributed by atoms with Crippen LogP contribution in [-0.4, -0.2) is 53.8 Å². The number of nitrogens with zero attached hydrogens (tertiary/aromatic N) is 2. The fourth-order valence-electron chi connectivity index (χ4n) is 3.14. The molecule has 0 radical (unpaired) electrons. The highest BCUT2D eigenvalue weighted by Crippen LogP contribution is 2.20. The highest BCUT2D eigenvalue weighted by Gasteiger charge is 2.35. The summed E-state index contributed by atoms with van der Waals surface area (Å²) >= 11 is 0. The molecule has 1 unspecified atom stereocenters. The van der Waals surface area contributed by atoms with E-state index in [1.807, 2.05) is 0 Å². The lowest BCUT2D eigenvalue weighted by molar-refractivity contribution is -0.384. The minimum atomic E-state index is -0.993. The summed E-state index contributed by atoms with van der Waals surface area (Å²) in [7, 11) is 1.52. The van der Waals surface area contributed by atoms with Gasteiger partial charge in [-0.2, -0.15) is 0 Å². The number of piperazine rings is 1. The molecule has 1 saturated heterocycles. The van der Waals surface area contributed by atoms with Crippen LogP contribution in [0.25, 0.3) is 0 Å². The normalized spacial score (nSPS) is 15.8. The Morgan fingerprint density at radius 1 is 1.27 bits per heavy atom. The summed E-state index contributed by atoms with van der Waals surface area (Å²) in [6, 6.07) is 10.9. The Hall–Kier alpha value is -3.95. The third-order valence-corrected chi connectivity index (χ3v) is 4.65. The van der Waals surface area contributed by atoms with Gasteiger partial charge in [0, 0.05) is 36.5 Å². The quantitative estimate of drug-likeness (QED) is 0.547. The fraction of sp³-hybridized carbons (Fsp3) is 0.250. The molecular formula is C20H20N4O6. The molecule has 0 aromatic heterocycles. The van der Waals surface area contributed by atoms with Crippen molar-refractivity contribution in [2.75, 3.05) is 25.5 Å². The molecule has 1 aliphatic heterocycles. The van der Waals surface area contributed by atoms with Crippen LogP contribution in [0.3, 0.4) is 0 Å². The number of rotatable bonds is 6. The van der Waals surface area contributed by atoms with E-state index in [2.05, 4.69) is 10.6 Å². The second kappa shape index (κ2) is 9.03. The van der Waals surface area contributed by atoms with Crippen LogP contribution < -0.4 is 15.4 Å². The van der Waals surface area contributed by atoms with Crippen molar-refractivity contribution in [2.24, 2.45) is 0 Å². The molecule has 0 bridgehead atoms. The molecule has 0 spiro atoms. The third kappa shape index (κ3) is 4.72. The zero-order chi connectivity index (χ0) is 21.7. The van der Waals surface area contributed by atoms with Gasteiger partial charge in [-0.1, -0.05) is 6.07 Å². The van der Waals surface area contributed by atoms with Crippen LogP contribution in [0.15, 0.2) is 48.5 Å². The lowest BCUT2D eigenvalue weighted by Gasteiger charge is -2.34. The van der Waals surface area contributed by atoms with Crippen molar-refractivity contribution in [1.82, 2.24) is 10.2 Å². The number of carbonyl (C=O) groups excluding carboxylic acids is 3. The van der Waals surface area contributed by atoms with Crippen molar-refractivity contribution in [3.05, 3.63) is 64.2 Å². The number of carbonyl (C=O) groups is 3. The molecule has 1 atom stereocenters. The van der Waals surface area contributed by atoms with Crippen molar-refractivity contribution >= 4 is 29.1 Å². The first-order valence-corrected chi connectivity index (χ1v) is 9.16. The number of hydrogen-bond acceptors (Lipinski definition) is 6. The van der Waals surface area contributed by atoms with Gasteiger partial charge in [-0.05, 0) is 30.3 Å². The van der Waals surface area contributed by atoms with E-state index in [9.17, 15) is 24.5 Å². The zero-order valence-corrected chi connectivity index (χ0v) is 16.2. The first-order chi connectivity index (χ1) is 14.4. The maximum atomic E-state index is 12.9. The number of methoxy groups -OCH3 is 1. The molecule has 2 N–H and O–H groups in total.